The van der Waals surface area contributed by atoms with E-state index in [1.54, 1.807) is 35.1 Å². The molecule has 3 aromatic heterocycles. The monoisotopic (exact) mass is 602 g/mol. The van der Waals surface area contributed by atoms with E-state index in [1.807, 2.05) is 18.4 Å². The molecule has 0 aromatic carbocycles. The summed E-state index contributed by atoms with van der Waals surface area (Å²) in [5.74, 6) is 0.430. The standard InChI is InChI=1S/C28H35ClN6O3S2/c1-4-38-27(37)16-34-8-9-35(14-19(34)3)25-13-30-21(12-31-25)22(36)11-26-32-28(23-10-20(29)17-39-23)24(40-26)15-33-7-5-6-18(33)2/h10,12-13,17-19H,4-9,11,14-16H2,1-3H3/t18-,19+/m1/s1. The summed E-state index contributed by atoms with van der Waals surface area (Å²) < 4.78 is 5.09. The van der Waals surface area contributed by atoms with Gasteiger partial charge in [-0.2, -0.15) is 0 Å². The molecule has 0 radical (unpaired) electrons. The van der Waals surface area contributed by atoms with Crippen LogP contribution in [0.15, 0.2) is 23.8 Å². The van der Waals surface area contributed by atoms with Gasteiger partial charge in [0.15, 0.2) is 5.78 Å². The maximum Gasteiger partial charge on any atom is 0.320 e. The molecule has 0 saturated carbocycles. The van der Waals surface area contributed by atoms with Crippen molar-refractivity contribution in [2.24, 2.45) is 0 Å². The molecule has 2 atom stereocenters. The number of hydrogen-bond acceptors (Lipinski definition) is 11. The number of aromatic nitrogens is 3. The second-order valence-corrected chi connectivity index (χ2v) is 12.9. The number of likely N-dealkylation sites (tertiary alicyclic amines) is 1. The topological polar surface area (TPSA) is 91.8 Å². The highest BCUT2D eigenvalue weighted by atomic mass is 35.5. The Bertz CT molecular complexity index is 1330. The molecule has 0 aliphatic carbocycles. The van der Waals surface area contributed by atoms with E-state index in [9.17, 15) is 9.59 Å². The average molecular weight is 603 g/mol. The van der Waals surface area contributed by atoms with Crippen molar-refractivity contribution in [3.63, 3.8) is 0 Å². The van der Waals surface area contributed by atoms with Crippen LogP contribution < -0.4 is 4.90 Å². The molecule has 0 N–H and O–H groups in total. The van der Waals surface area contributed by atoms with E-state index in [1.165, 1.54) is 17.7 Å². The van der Waals surface area contributed by atoms with Crippen LogP contribution in [0.5, 0.6) is 0 Å². The van der Waals surface area contributed by atoms with Crippen molar-refractivity contribution in [2.75, 3.05) is 44.2 Å². The molecular formula is C28H35ClN6O3S2. The van der Waals surface area contributed by atoms with Crippen LogP contribution in [0.2, 0.25) is 5.02 Å². The van der Waals surface area contributed by atoms with Gasteiger partial charge in [0.05, 0.1) is 47.6 Å². The second-order valence-electron chi connectivity index (χ2n) is 10.4. The number of Topliss-reactive ketones (excluding diaryl/α,β-unsaturated/α-hetero) is 1. The van der Waals surface area contributed by atoms with Gasteiger partial charge in [0.2, 0.25) is 0 Å². The number of thiophene rings is 1. The minimum absolute atomic E-state index is 0.0997. The fourth-order valence-electron chi connectivity index (χ4n) is 5.29. The number of carbonyl (C=O) groups excluding carboxylic acids is 2. The zero-order chi connectivity index (χ0) is 28.2. The summed E-state index contributed by atoms with van der Waals surface area (Å²) in [5.41, 5.74) is 1.27. The van der Waals surface area contributed by atoms with E-state index in [2.05, 4.69) is 38.5 Å². The van der Waals surface area contributed by atoms with Crippen LogP contribution in [-0.2, 0) is 22.5 Å². The number of halogens is 1. The van der Waals surface area contributed by atoms with Crippen molar-refractivity contribution in [3.05, 3.63) is 44.4 Å². The van der Waals surface area contributed by atoms with E-state index in [0.29, 0.717) is 36.5 Å². The lowest BCUT2D eigenvalue weighted by Crippen LogP contribution is -2.53. The maximum absolute atomic E-state index is 13.2. The predicted octanol–water partition coefficient (Wildman–Crippen LogP) is 4.80. The van der Waals surface area contributed by atoms with Crippen LogP contribution in [-0.4, -0.2) is 87.9 Å². The highest BCUT2D eigenvalue weighted by Gasteiger charge is 2.27. The summed E-state index contributed by atoms with van der Waals surface area (Å²) in [6.07, 6.45) is 5.84. The Morgan fingerprint density at radius 2 is 1.98 bits per heavy atom. The highest BCUT2D eigenvalue weighted by Crippen LogP contribution is 2.36. The molecule has 214 valence electrons. The van der Waals surface area contributed by atoms with Gasteiger partial charge in [-0.3, -0.25) is 19.4 Å². The van der Waals surface area contributed by atoms with Gasteiger partial charge < -0.3 is 9.64 Å². The molecule has 0 unspecified atom stereocenters. The molecule has 2 fully saturated rings. The van der Waals surface area contributed by atoms with Crippen molar-refractivity contribution in [2.45, 2.75) is 58.7 Å². The number of thiazole rings is 1. The molecule has 12 heteroatoms. The van der Waals surface area contributed by atoms with Crippen molar-refractivity contribution in [1.82, 2.24) is 24.8 Å². The first-order valence-electron chi connectivity index (χ1n) is 13.8. The van der Waals surface area contributed by atoms with Gasteiger partial charge in [0.25, 0.3) is 0 Å². The molecular weight excluding hydrogens is 568 g/mol. The van der Waals surface area contributed by atoms with Crippen molar-refractivity contribution in [3.8, 4) is 10.6 Å². The van der Waals surface area contributed by atoms with Gasteiger partial charge in [-0.25, -0.2) is 15.0 Å². The molecule has 9 nitrogen and oxygen atoms in total. The lowest BCUT2D eigenvalue weighted by Gasteiger charge is -2.39. The van der Waals surface area contributed by atoms with Crippen molar-refractivity contribution < 1.29 is 14.3 Å². The van der Waals surface area contributed by atoms with Gasteiger partial charge in [0, 0.05) is 48.5 Å². The average Bonchev–Trinajstić information content (AvgIpc) is 3.66. The van der Waals surface area contributed by atoms with E-state index in [0.717, 1.165) is 47.6 Å². The molecule has 2 aliphatic heterocycles. The molecule has 2 saturated heterocycles. The molecule has 40 heavy (non-hydrogen) atoms. The van der Waals surface area contributed by atoms with E-state index in [-0.39, 0.29) is 24.2 Å². The normalized spacial score (nSPS) is 20.2. The Morgan fingerprint density at radius 1 is 1.12 bits per heavy atom. The quantitative estimate of drug-likeness (QED) is 0.240. The third kappa shape index (κ3) is 6.88. The number of carbonyl (C=O) groups is 2. The third-order valence-corrected chi connectivity index (χ3v) is 9.87. The van der Waals surface area contributed by atoms with Crippen LogP contribution in [0.3, 0.4) is 0 Å². The van der Waals surface area contributed by atoms with Crippen LogP contribution >= 0.6 is 34.3 Å². The van der Waals surface area contributed by atoms with Crippen LogP contribution in [0.4, 0.5) is 5.82 Å². The highest BCUT2D eigenvalue weighted by molar-refractivity contribution is 7.15. The first kappa shape index (κ1) is 29.1. The number of hydrogen-bond donors (Lipinski definition) is 0. The Kier molecular flexibility index (Phi) is 9.47. The molecule has 5 heterocycles. The zero-order valence-corrected chi connectivity index (χ0v) is 25.5. The van der Waals surface area contributed by atoms with Crippen molar-refractivity contribution >= 4 is 51.8 Å². The smallest absolute Gasteiger partial charge is 0.320 e. The number of anilines is 1. The van der Waals surface area contributed by atoms with E-state index >= 15 is 0 Å². The first-order chi connectivity index (χ1) is 19.3. The number of ketones is 1. The molecule has 3 aromatic rings. The molecule has 2 aliphatic rings. The van der Waals surface area contributed by atoms with Gasteiger partial charge in [0.1, 0.15) is 16.5 Å². The third-order valence-electron chi connectivity index (χ3n) is 7.54. The minimum atomic E-state index is -0.199. The Labute approximate surface area is 248 Å². The zero-order valence-electron chi connectivity index (χ0n) is 23.1. The largest absolute Gasteiger partial charge is 0.465 e. The Morgan fingerprint density at radius 3 is 2.62 bits per heavy atom. The first-order valence-corrected chi connectivity index (χ1v) is 15.8. The predicted molar refractivity (Wildman–Crippen MR) is 159 cm³/mol. The summed E-state index contributed by atoms with van der Waals surface area (Å²) >= 11 is 9.41. The number of ether oxygens (including phenoxy) is 1. The number of esters is 1. The summed E-state index contributed by atoms with van der Waals surface area (Å²) in [4.78, 5) is 47.9. The van der Waals surface area contributed by atoms with Crippen molar-refractivity contribution in [1.29, 1.82) is 0 Å². The van der Waals surface area contributed by atoms with Crippen LogP contribution in [0, 0.1) is 0 Å². The molecule has 5 rings (SSSR count). The summed E-state index contributed by atoms with van der Waals surface area (Å²) in [7, 11) is 0. The van der Waals surface area contributed by atoms with Gasteiger partial charge in [-0.15, -0.1) is 22.7 Å². The maximum atomic E-state index is 13.2. The Balaban J connectivity index is 1.24. The molecule has 0 spiro atoms. The minimum Gasteiger partial charge on any atom is -0.465 e. The lowest BCUT2D eigenvalue weighted by atomic mass is 10.2. The molecule has 0 amide bonds. The number of nitrogens with zero attached hydrogens (tertiary/aromatic N) is 6. The van der Waals surface area contributed by atoms with Crippen LogP contribution in [0.25, 0.3) is 10.6 Å². The van der Waals surface area contributed by atoms with Gasteiger partial charge in [-0.05, 0) is 46.2 Å². The number of piperazine rings is 1. The lowest BCUT2D eigenvalue weighted by molar-refractivity contribution is -0.145. The summed E-state index contributed by atoms with van der Waals surface area (Å²) in [6.45, 7) is 10.9. The van der Waals surface area contributed by atoms with Gasteiger partial charge in [-0.1, -0.05) is 11.6 Å². The fraction of sp³-hybridized carbons (Fsp3) is 0.536. The molecule has 0 bridgehead atoms. The number of rotatable bonds is 10. The van der Waals surface area contributed by atoms with E-state index in [4.69, 9.17) is 21.3 Å². The van der Waals surface area contributed by atoms with Gasteiger partial charge >= 0.3 is 5.97 Å². The summed E-state index contributed by atoms with van der Waals surface area (Å²) in [6, 6.07) is 2.66. The van der Waals surface area contributed by atoms with Crippen LogP contribution in [0.1, 0.15) is 54.0 Å². The fourth-order valence-corrected chi connectivity index (χ4v) is 7.55. The summed E-state index contributed by atoms with van der Waals surface area (Å²) in [5, 5.41) is 3.40. The SMILES string of the molecule is CCOC(=O)CN1CCN(c2cnc(C(=O)Cc3nc(-c4cc(Cl)cs4)c(CN4CCC[C@H]4C)s3)cn2)C[C@@H]1C. The second kappa shape index (κ2) is 13.0. The Hall–Kier alpha value is -2.44. The van der Waals surface area contributed by atoms with E-state index < -0.39 is 0 Å².